The molecule has 0 spiro atoms. The average molecular weight is 363 g/mol. The van der Waals surface area contributed by atoms with E-state index in [-0.39, 0.29) is 5.91 Å². The fourth-order valence-corrected chi connectivity index (χ4v) is 2.79. The molecular formula is C13H17Br2NO. The second-order valence-corrected chi connectivity index (χ2v) is 6.28. The molecule has 1 rings (SSSR count). The summed E-state index contributed by atoms with van der Waals surface area (Å²) in [6.45, 7) is 5.11. The van der Waals surface area contributed by atoms with Crippen molar-refractivity contribution in [2.75, 3.05) is 6.54 Å². The molecule has 0 saturated carbocycles. The molecule has 1 aromatic carbocycles. The first-order valence-electron chi connectivity index (χ1n) is 5.73. The number of hydrogen-bond donors (Lipinski definition) is 1. The van der Waals surface area contributed by atoms with Crippen LogP contribution in [0, 0.1) is 5.92 Å². The Hall–Kier alpha value is -0.350. The van der Waals surface area contributed by atoms with Gasteiger partial charge in [0, 0.05) is 21.1 Å². The maximum absolute atomic E-state index is 11.8. The molecule has 0 aliphatic heterocycles. The summed E-state index contributed by atoms with van der Waals surface area (Å²) in [6, 6.07) is 5.56. The van der Waals surface area contributed by atoms with Gasteiger partial charge in [0.05, 0.1) is 0 Å². The largest absolute Gasteiger partial charge is 0.352 e. The highest BCUT2D eigenvalue weighted by Crippen LogP contribution is 2.20. The maximum Gasteiger partial charge on any atom is 0.251 e. The molecule has 0 aliphatic carbocycles. The second kappa shape index (κ2) is 7.17. The van der Waals surface area contributed by atoms with Crippen LogP contribution < -0.4 is 5.32 Å². The summed E-state index contributed by atoms with van der Waals surface area (Å²) in [5.74, 6) is 0.669. The van der Waals surface area contributed by atoms with E-state index >= 15 is 0 Å². The number of hydrogen-bond acceptors (Lipinski definition) is 1. The Labute approximate surface area is 119 Å². The number of nitrogens with one attached hydrogen (secondary N) is 1. The Morgan fingerprint density at radius 1 is 1.24 bits per heavy atom. The molecule has 0 aliphatic rings. The third-order valence-electron chi connectivity index (χ3n) is 2.37. The predicted molar refractivity (Wildman–Crippen MR) is 78.2 cm³/mol. The minimum atomic E-state index is -0.0178. The first-order valence-corrected chi connectivity index (χ1v) is 7.32. The lowest BCUT2D eigenvalue weighted by molar-refractivity contribution is 0.0952. The van der Waals surface area contributed by atoms with Gasteiger partial charge < -0.3 is 5.32 Å². The van der Waals surface area contributed by atoms with Gasteiger partial charge in [0.25, 0.3) is 5.91 Å². The molecule has 2 nitrogen and oxygen atoms in total. The van der Waals surface area contributed by atoms with E-state index in [1.807, 2.05) is 18.2 Å². The molecule has 1 amide bonds. The molecular weight excluding hydrogens is 346 g/mol. The van der Waals surface area contributed by atoms with Gasteiger partial charge in [-0.05, 0) is 37.0 Å². The lowest BCUT2D eigenvalue weighted by Gasteiger charge is -2.07. The molecule has 17 heavy (non-hydrogen) atoms. The highest BCUT2D eigenvalue weighted by Gasteiger charge is 2.06. The molecule has 4 heteroatoms. The number of amides is 1. The van der Waals surface area contributed by atoms with E-state index in [1.54, 1.807) is 0 Å². The minimum absolute atomic E-state index is 0.0178. The Balaban J connectivity index is 2.47. The van der Waals surface area contributed by atoms with Crippen molar-refractivity contribution in [2.24, 2.45) is 5.92 Å². The number of halogens is 2. The van der Waals surface area contributed by atoms with Crippen LogP contribution in [0.3, 0.4) is 0 Å². The van der Waals surface area contributed by atoms with Crippen molar-refractivity contribution in [3.8, 4) is 0 Å². The predicted octanol–water partition coefficient (Wildman–Crippen LogP) is 4.38. The number of carbonyl (C=O) groups excluding carboxylic acids is 1. The van der Waals surface area contributed by atoms with Crippen molar-refractivity contribution in [3.63, 3.8) is 0 Å². The summed E-state index contributed by atoms with van der Waals surface area (Å²) in [6.07, 6.45) is 2.17. The van der Waals surface area contributed by atoms with Gasteiger partial charge in [-0.1, -0.05) is 45.7 Å². The highest BCUT2D eigenvalue weighted by atomic mass is 79.9. The fraction of sp³-hybridized carbons (Fsp3) is 0.462. The van der Waals surface area contributed by atoms with Gasteiger partial charge in [0.2, 0.25) is 0 Å². The van der Waals surface area contributed by atoms with E-state index in [1.165, 1.54) is 0 Å². The Morgan fingerprint density at radius 2 is 1.82 bits per heavy atom. The number of rotatable bonds is 5. The monoisotopic (exact) mass is 361 g/mol. The summed E-state index contributed by atoms with van der Waals surface area (Å²) < 4.78 is 1.80. The maximum atomic E-state index is 11.8. The van der Waals surface area contributed by atoms with E-state index in [9.17, 15) is 4.79 Å². The molecule has 1 N–H and O–H groups in total. The summed E-state index contributed by atoms with van der Waals surface area (Å²) in [7, 11) is 0. The van der Waals surface area contributed by atoms with Crippen LogP contribution in [0.5, 0.6) is 0 Å². The summed E-state index contributed by atoms with van der Waals surface area (Å²) >= 11 is 6.74. The van der Waals surface area contributed by atoms with Crippen LogP contribution in [-0.2, 0) is 0 Å². The van der Waals surface area contributed by atoms with Crippen LogP contribution in [0.25, 0.3) is 0 Å². The molecule has 94 valence electrons. The zero-order valence-corrected chi connectivity index (χ0v) is 13.3. The van der Waals surface area contributed by atoms with Crippen LogP contribution >= 0.6 is 31.9 Å². The Kier molecular flexibility index (Phi) is 6.20. The molecule has 0 unspecified atom stereocenters. The van der Waals surface area contributed by atoms with Gasteiger partial charge in [0.1, 0.15) is 0 Å². The van der Waals surface area contributed by atoms with Gasteiger partial charge in [0.15, 0.2) is 0 Å². The van der Waals surface area contributed by atoms with E-state index in [2.05, 4.69) is 51.0 Å². The van der Waals surface area contributed by atoms with Crippen molar-refractivity contribution < 1.29 is 4.79 Å². The third-order valence-corrected chi connectivity index (χ3v) is 3.28. The average Bonchev–Trinajstić information content (AvgIpc) is 2.22. The van der Waals surface area contributed by atoms with Crippen LogP contribution in [0.2, 0.25) is 0 Å². The number of benzene rings is 1. The normalized spacial score (nSPS) is 10.6. The van der Waals surface area contributed by atoms with E-state index in [0.29, 0.717) is 11.5 Å². The third kappa shape index (κ3) is 5.68. The molecule has 0 radical (unpaired) electrons. The van der Waals surface area contributed by atoms with Crippen LogP contribution in [0.4, 0.5) is 0 Å². The topological polar surface area (TPSA) is 29.1 Å². The van der Waals surface area contributed by atoms with Gasteiger partial charge in [-0.3, -0.25) is 4.79 Å². The van der Waals surface area contributed by atoms with Crippen molar-refractivity contribution in [3.05, 3.63) is 32.7 Å². The number of carbonyl (C=O) groups is 1. The lowest BCUT2D eigenvalue weighted by Crippen LogP contribution is -2.24. The highest BCUT2D eigenvalue weighted by molar-refractivity contribution is 9.11. The van der Waals surface area contributed by atoms with Crippen LogP contribution in [0.1, 0.15) is 37.0 Å². The summed E-state index contributed by atoms with van der Waals surface area (Å²) in [5, 5.41) is 2.93. The van der Waals surface area contributed by atoms with Crippen molar-refractivity contribution in [2.45, 2.75) is 26.7 Å². The van der Waals surface area contributed by atoms with Gasteiger partial charge in [-0.25, -0.2) is 0 Å². The summed E-state index contributed by atoms with van der Waals surface area (Å²) in [5.41, 5.74) is 0.677. The van der Waals surface area contributed by atoms with Crippen LogP contribution in [0.15, 0.2) is 27.1 Å². The SMILES string of the molecule is CC(C)CCCNC(=O)c1cc(Br)cc(Br)c1. The first-order chi connectivity index (χ1) is 7.99. The van der Waals surface area contributed by atoms with Gasteiger partial charge in [-0.15, -0.1) is 0 Å². The quantitative estimate of drug-likeness (QED) is 0.774. The second-order valence-electron chi connectivity index (χ2n) is 4.45. The smallest absolute Gasteiger partial charge is 0.251 e. The zero-order valence-electron chi connectivity index (χ0n) is 10.1. The molecule has 1 aromatic rings. The van der Waals surface area contributed by atoms with E-state index in [4.69, 9.17) is 0 Å². The van der Waals surface area contributed by atoms with Gasteiger partial charge >= 0.3 is 0 Å². The van der Waals surface area contributed by atoms with E-state index < -0.39 is 0 Å². The zero-order chi connectivity index (χ0) is 12.8. The van der Waals surface area contributed by atoms with Crippen molar-refractivity contribution >= 4 is 37.8 Å². The van der Waals surface area contributed by atoms with Crippen molar-refractivity contribution in [1.29, 1.82) is 0 Å². The minimum Gasteiger partial charge on any atom is -0.352 e. The van der Waals surface area contributed by atoms with Gasteiger partial charge in [-0.2, -0.15) is 0 Å². The molecule has 0 saturated heterocycles. The molecule has 0 bridgehead atoms. The Bertz CT molecular complexity index is 371. The standard InChI is InChI=1S/C13H17Br2NO/c1-9(2)4-3-5-16-13(17)10-6-11(14)8-12(15)7-10/h6-9H,3-5H2,1-2H3,(H,16,17). The molecule has 0 fully saturated rings. The Morgan fingerprint density at radius 3 is 2.35 bits per heavy atom. The van der Waals surface area contributed by atoms with E-state index in [0.717, 1.165) is 28.3 Å². The molecule has 0 aromatic heterocycles. The molecule has 0 heterocycles. The fourth-order valence-electron chi connectivity index (χ4n) is 1.50. The van der Waals surface area contributed by atoms with Crippen LogP contribution in [-0.4, -0.2) is 12.5 Å². The summed E-state index contributed by atoms with van der Waals surface area (Å²) in [4.78, 5) is 11.8. The van der Waals surface area contributed by atoms with Crippen molar-refractivity contribution in [1.82, 2.24) is 5.32 Å². The lowest BCUT2D eigenvalue weighted by atomic mass is 10.1. The molecule has 0 atom stereocenters. The first kappa shape index (κ1) is 14.7.